The molecule has 0 aliphatic rings. The normalized spacial score (nSPS) is 10.6. The molecule has 0 saturated heterocycles. The first-order chi connectivity index (χ1) is 7.58. The first-order valence-electron chi connectivity index (χ1n) is 4.68. The maximum Gasteiger partial charge on any atom is 0.339 e. The minimum atomic E-state index is -0.971. The molecule has 2 heterocycles. The second kappa shape index (κ2) is 3.76. The molecule has 0 amide bonds. The summed E-state index contributed by atoms with van der Waals surface area (Å²) in [6.45, 7) is 2.07. The molecule has 0 aliphatic heterocycles. The lowest BCUT2D eigenvalue weighted by molar-refractivity contribution is 0.0696. The highest BCUT2D eigenvalue weighted by Crippen LogP contribution is 2.06. The zero-order chi connectivity index (χ0) is 11.7. The van der Waals surface area contributed by atoms with Crippen molar-refractivity contribution in [2.45, 2.75) is 13.5 Å². The van der Waals surface area contributed by atoms with Crippen molar-refractivity contribution < 1.29 is 9.90 Å². The first kappa shape index (κ1) is 10.3. The number of aromatic nitrogens is 5. The Morgan fingerprint density at radius 1 is 1.56 bits per heavy atom. The molecule has 0 bridgehead atoms. The van der Waals surface area contributed by atoms with Gasteiger partial charge >= 0.3 is 5.97 Å². The van der Waals surface area contributed by atoms with Crippen molar-refractivity contribution >= 4 is 5.97 Å². The monoisotopic (exact) mass is 221 g/mol. The summed E-state index contributed by atoms with van der Waals surface area (Å²) in [5, 5.41) is 20.6. The van der Waals surface area contributed by atoms with Gasteiger partial charge in [-0.1, -0.05) is 0 Å². The fraction of sp³-hybridized carbons (Fsp3) is 0.333. The Morgan fingerprint density at radius 3 is 2.81 bits per heavy atom. The summed E-state index contributed by atoms with van der Waals surface area (Å²) >= 11 is 0. The van der Waals surface area contributed by atoms with Gasteiger partial charge in [0.2, 0.25) is 0 Å². The number of hydrogen-bond acceptors (Lipinski definition) is 4. The lowest BCUT2D eigenvalue weighted by Gasteiger charge is -1.99. The van der Waals surface area contributed by atoms with Crippen LogP contribution in [0.15, 0.2) is 12.5 Å². The average molecular weight is 221 g/mol. The fourth-order valence-electron chi connectivity index (χ4n) is 1.40. The number of carboxylic acid groups (broad SMARTS) is 1. The molecule has 0 saturated carbocycles. The molecule has 0 aliphatic carbocycles. The lowest BCUT2D eigenvalue weighted by atomic mass is 10.3. The van der Waals surface area contributed by atoms with Gasteiger partial charge in [0, 0.05) is 13.2 Å². The molecule has 0 atom stereocenters. The Morgan fingerprint density at radius 2 is 2.31 bits per heavy atom. The van der Waals surface area contributed by atoms with Gasteiger partial charge < -0.3 is 9.67 Å². The van der Waals surface area contributed by atoms with Gasteiger partial charge in [0.1, 0.15) is 18.4 Å². The van der Waals surface area contributed by atoms with Crippen LogP contribution in [0.5, 0.6) is 0 Å². The van der Waals surface area contributed by atoms with Gasteiger partial charge in [-0.25, -0.2) is 4.79 Å². The van der Waals surface area contributed by atoms with Crippen LogP contribution < -0.4 is 0 Å². The summed E-state index contributed by atoms with van der Waals surface area (Å²) in [7, 11) is 1.82. The average Bonchev–Trinajstić information content (AvgIpc) is 2.75. The minimum Gasteiger partial charge on any atom is -0.478 e. The third kappa shape index (κ3) is 1.79. The maximum atomic E-state index is 10.8. The van der Waals surface area contributed by atoms with Gasteiger partial charge in [0.05, 0.1) is 5.69 Å². The van der Waals surface area contributed by atoms with E-state index in [0.29, 0.717) is 12.2 Å². The lowest BCUT2D eigenvalue weighted by Crippen LogP contribution is -2.06. The molecule has 0 aromatic carbocycles. The van der Waals surface area contributed by atoms with Crippen molar-refractivity contribution in [3.63, 3.8) is 0 Å². The Labute approximate surface area is 91.3 Å². The van der Waals surface area contributed by atoms with E-state index in [0.717, 1.165) is 5.82 Å². The van der Waals surface area contributed by atoms with E-state index in [1.807, 2.05) is 7.05 Å². The topological polar surface area (TPSA) is 85.8 Å². The number of aromatic carboxylic acids is 1. The van der Waals surface area contributed by atoms with E-state index < -0.39 is 5.97 Å². The van der Waals surface area contributed by atoms with Crippen molar-refractivity contribution in [2.75, 3.05) is 0 Å². The highest BCUT2D eigenvalue weighted by atomic mass is 16.4. The van der Waals surface area contributed by atoms with E-state index in [1.54, 1.807) is 22.5 Å². The minimum absolute atomic E-state index is 0.210. The Bertz CT molecular complexity index is 528. The highest BCUT2D eigenvalue weighted by molar-refractivity contribution is 5.88. The van der Waals surface area contributed by atoms with Crippen molar-refractivity contribution in [2.24, 2.45) is 7.05 Å². The number of carboxylic acids is 1. The molecule has 0 fully saturated rings. The smallest absolute Gasteiger partial charge is 0.339 e. The Kier molecular flexibility index (Phi) is 2.43. The largest absolute Gasteiger partial charge is 0.478 e. The van der Waals surface area contributed by atoms with Crippen molar-refractivity contribution in [1.29, 1.82) is 0 Å². The molecule has 7 nitrogen and oxygen atoms in total. The van der Waals surface area contributed by atoms with Crippen LogP contribution in [-0.2, 0) is 13.6 Å². The second-order valence-corrected chi connectivity index (χ2v) is 3.49. The van der Waals surface area contributed by atoms with Gasteiger partial charge in [-0.05, 0) is 6.92 Å². The van der Waals surface area contributed by atoms with Crippen molar-refractivity contribution in [1.82, 2.24) is 24.5 Å². The molecule has 7 heteroatoms. The zero-order valence-electron chi connectivity index (χ0n) is 8.95. The summed E-state index contributed by atoms with van der Waals surface area (Å²) in [5.41, 5.74) is 0.705. The van der Waals surface area contributed by atoms with Crippen LogP contribution in [0.2, 0.25) is 0 Å². The Balaban J connectivity index is 2.26. The molecular formula is C9H11N5O2. The predicted octanol–water partition coefficient (Wildman–Crippen LogP) is 0.0665. The van der Waals surface area contributed by atoms with E-state index in [9.17, 15) is 4.79 Å². The molecule has 2 aromatic heterocycles. The molecule has 84 valence electrons. The number of rotatable bonds is 3. The fourth-order valence-corrected chi connectivity index (χ4v) is 1.40. The van der Waals surface area contributed by atoms with Gasteiger partial charge in [0.15, 0.2) is 5.82 Å². The third-order valence-electron chi connectivity index (χ3n) is 2.29. The molecule has 16 heavy (non-hydrogen) atoms. The summed E-state index contributed by atoms with van der Waals surface area (Å²) in [6, 6.07) is 0. The van der Waals surface area contributed by atoms with Gasteiger partial charge in [0.25, 0.3) is 0 Å². The van der Waals surface area contributed by atoms with Crippen LogP contribution in [-0.4, -0.2) is 35.6 Å². The summed E-state index contributed by atoms with van der Waals surface area (Å²) in [6.07, 6.45) is 3.08. The van der Waals surface area contributed by atoms with Crippen LogP contribution in [0, 0.1) is 6.92 Å². The Hall–Kier alpha value is -2.18. The van der Waals surface area contributed by atoms with Crippen LogP contribution in [0.3, 0.4) is 0 Å². The molecule has 2 aromatic rings. The zero-order valence-corrected chi connectivity index (χ0v) is 8.95. The molecule has 0 radical (unpaired) electrons. The predicted molar refractivity (Wildman–Crippen MR) is 54.0 cm³/mol. The number of aryl methyl sites for hydroxylation is 2. The van der Waals surface area contributed by atoms with E-state index in [2.05, 4.69) is 15.3 Å². The highest BCUT2D eigenvalue weighted by Gasteiger charge is 2.12. The third-order valence-corrected chi connectivity index (χ3v) is 2.29. The molecule has 0 unspecified atom stereocenters. The quantitative estimate of drug-likeness (QED) is 0.792. The molecule has 1 N–H and O–H groups in total. The summed E-state index contributed by atoms with van der Waals surface area (Å²) < 4.78 is 3.31. The van der Waals surface area contributed by atoms with E-state index in [1.165, 1.54) is 6.20 Å². The summed E-state index contributed by atoms with van der Waals surface area (Å²) in [5.74, 6) is -0.249. The number of hydrogen-bond donors (Lipinski definition) is 1. The second-order valence-electron chi connectivity index (χ2n) is 3.49. The van der Waals surface area contributed by atoms with Gasteiger partial charge in [-0.3, -0.25) is 4.68 Å². The van der Waals surface area contributed by atoms with Crippen LogP contribution in [0.1, 0.15) is 21.9 Å². The number of carbonyl (C=O) groups is 1. The van der Waals surface area contributed by atoms with Crippen LogP contribution in [0.25, 0.3) is 0 Å². The van der Waals surface area contributed by atoms with E-state index >= 15 is 0 Å². The molecular weight excluding hydrogens is 210 g/mol. The first-order valence-corrected chi connectivity index (χ1v) is 4.68. The number of nitrogens with zero attached hydrogens (tertiary/aromatic N) is 5. The maximum absolute atomic E-state index is 10.8. The SMILES string of the molecule is Cc1nn(Cc2nncn2C)cc1C(=O)O. The summed E-state index contributed by atoms with van der Waals surface area (Å²) in [4.78, 5) is 10.8. The van der Waals surface area contributed by atoms with E-state index in [4.69, 9.17) is 5.11 Å². The molecule has 2 rings (SSSR count). The van der Waals surface area contributed by atoms with Crippen molar-refractivity contribution in [3.8, 4) is 0 Å². The van der Waals surface area contributed by atoms with E-state index in [-0.39, 0.29) is 5.56 Å². The van der Waals surface area contributed by atoms with Crippen LogP contribution >= 0.6 is 0 Å². The van der Waals surface area contributed by atoms with Crippen LogP contribution in [0.4, 0.5) is 0 Å². The van der Waals surface area contributed by atoms with Gasteiger partial charge in [-0.15, -0.1) is 10.2 Å². The van der Waals surface area contributed by atoms with Gasteiger partial charge in [-0.2, -0.15) is 5.10 Å². The van der Waals surface area contributed by atoms with Crippen molar-refractivity contribution in [3.05, 3.63) is 29.6 Å². The molecule has 0 spiro atoms. The standard InChI is InChI=1S/C9H11N5O2/c1-6-7(9(15)16)3-14(12-6)4-8-11-10-5-13(8)2/h3,5H,4H2,1-2H3,(H,15,16).